The van der Waals surface area contributed by atoms with Crippen molar-refractivity contribution in [3.63, 3.8) is 0 Å². The second kappa shape index (κ2) is 7.02. The number of sulfone groups is 1. The number of amides is 1. The quantitative estimate of drug-likeness (QED) is 0.537. The molecule has 1 atom stereocenters. The summed E-state index contributed by atoms with van der Waals surface area (Å²) in [6.07, 6.45) is -1.21. The molecule has 3 rings (SSSR count). The highest BCUT2D eigenvalue weighted by Crippen LogP contribution is 2.43. The molecule has 1 unspecified atom stereocenters. The maximum Gasteiger partial charge on any atom is 0.410 e. The number of amidine groups is 1. The van der Waals surface area contributed by atoms with Crippen LogP contribution in [-0.2, 0) is 15.4 Å². The fraction of sp³-hybridized carbons (Fsp3) is 0.529. The molecule has 0 aromatic heterocycles. The lowest BCUT2D eigenvalue weighted by Gasteiger charge is -2.46. The number of rotatable bonds is 2. The summed E-state index contributed by atoms with van der Waals surface area (Å²) in [5.74, 6) is -1.71. The maximum absolute atomic E-state index is 14.6. The molecular weight excluding hydrogens is 407 g/mol. The van der Waals surface area contributed by atoms with Crippen molar-refractivity contribution in [3.8, 4) is 0 Å². The highest BCUT2D eigenvalue weighted by Gasteiger charge is 2.57. The van der Waals surface area contributed by atoms with Gasteiger partial charge in [-0.2, -0.15) is 0 Å². The largest absolute Gasteiger partial charge is 0.465 e. The summed E-state index contributed by atoms with van der Waals surface area (Å²) in [7, 11) is -2.16. The van der Waals surface area contributed by atoms with Crippen LogP contribution >= 0.6 is 0 Å². The number of carboxylic acid groups (broad SMARTS) is 1. The third-order valence-electron chi connectivity index (χ3n) is 5.62. The smallest absolute Gasteiger partial charge is 0.410 e. The van der Waals surface area contributed by atoms with Crippen LogP contribution in [-0.4, -0.2) is 65.9 Å². The first-order chi connectivity index (χ1) is 13.4. The third-order valence-corrected chi connectivity index (χ3v) is 8.35. The molecule has 0 saturated carbocycles. The minimum absolute atomic E-state index is 0.137. The zero-order chi connectivity index (χ0) is 21.6. The molecule has 2 N–H and O–H groups in total. The molecule has 0 radical (unpaired) electrons. The van der Waals surface area contributed by atoms with Crippen molar-refractivity contribution in [2.45, 2.75) is 30.1 Å². The van der Waals surface area contributed by atoms with Crippen molar-refractivity contribution in [1.82, 2.24) is 10.2 Å². The zero-order valence-corrected chi connectivity index (χ0v) is 16.7. The van der Waals surface area contributed by atoms with Gasteiger partial charge in [0.2, 0.25) is 0 Å². The molecule has 1 aromatic carbocycles. The normalized spacial score (nSPS) is 26.0. The van der Waals surface area contributed by atoms with E-state index >= 15 is 0 Å². The van der Waals surface area contributed by atoms with Gasteiger partial charge in [-0.3, -0.25) is 20.4 Å². The molecule has 1 aromatic rings. The second-order valence-electron chi connectivity index (χ2n) is 7.64. The molecule has 1 spiro atoms. The standard InChI is InChI=1S/C17H21FN4O6S/c1-16(12-9-11(22(25)26)3-4-13(12)18)10-29(27,28)17(5-7-21(2)8-6-17)14(20-16)19-15(23)24/h3-4,9H,5-8,10H2,1-2H3,(H,19,20)(H,23,24). The van der Waals surface area contributed by atoms with E-state index in [0.717, 1.165) is 18.2 Å². The minimum Gasteiger partial charge on any atom is -0.465 e. The Kier molecular flexibility index (Phi) is 5.11. The summed E-state index contributed by atoms with van der Waals surface area (Å²) >= 11 is 0. The van der Waals surface area contributed by atoms with Gasteiger partial charge in [-0.15, -0.1) is 0 Å². The highest BCUT2D eigenvalue weighted by atomic mass is 32.2. The number of halogens is 1. The Balaban J connectivity index is 2.21. The van der Waals surface area contributed by atoms with Crippen LogP contribution in [0.5, 0.6) is 0 Å². The first-order valence-electron chi connectivity index (χ1n) is 8.86. The average Bonchev–Trinajstić information content (AvgIpc) is 2.60. The number of carbonyl (C=O) groups is 1. The molecule has 29 heavy (non-hydrogen) atoms. The van der Waals surface area contributed by atoms with Crippen molar-refractivity contribution in [3.05, 3.63) is 39.7 Å². The third kappa shape index (κ3) is 3.57. The van der Waals surface area contributed by atoms with Gasteiger partial charge in [0, 0.05) is 17.7 Å². The van der Waals surface area contributed by atoms with Crippen molar-refractivity contribution < 1.29 is 27.6 Å². The number of hydrogen-bond donors (Lipinski definition) is 2. The molecule has 0 aliphatic carbocycles. The number of nitrogens with zero attached hydrogens (tertiary/aromatic N) is 3. The van der Waals surface area contributed by atoms with Crippen molar-refractivity contribution in [1.29, 1.82) is 0 Å². The fourth-order valence-electron chi connectivity index (χ4n) is 3.98. The molecule has 1 fully saturated rings. The fourth-order valence-corrected chi connectivity index (χ4v) is 6.42. The lowest BCUT2D eigenvalue weighted by atomic mass is 9.90. The lowest BCUT2D eigenvalue weighted by molar-refractivity contribution is -0.385. The van der Waals surface area contributed by atoms with Crippen molar-refractivity contribution >= 4 is 27.5 Å². The lowest BCUT2D eigenvalue weighted by Crippen LogP contribution is -2.63. The highest BCUT2D eigenvalue weighted by molar-refractivity contribution is 7.93. The number of likely N-dealkylation sites (tertiary alicyclic amines) is 1. The molecule has 1 amide bonds. The molecule has 2 aliphatic heterocycles. The summed E-state index contributed by atoms with van der Waals surface area (Å²) < 4.78 is 39.8. The monoisotopic (exact) mass is 428 g/mol. The van der Waals surface area contributed by atoms with E-state index in [4.69, 9.17) is 0 Å². The van der Waals surface area contributed by atoms with Gasteiger partial charge in [0.05, 0.1) is 10.7 Å². The number of benzene rings is 1. The van der Waals surface area contributed by atoms with Gasteiger partial charge in [0.25, 0.3) is 5.69 Å². The predicted molar refractivity (Wildman–Crippen MR) is 102 cm³/mol. The molecule has 0 bridgehead atoms. The molecule has 12 heteroatoms. The van der Waals surface area contributed by atoms with Gasteiger partial charge in [0.15, 0.2) is 9.84 Å². The van der Waals surface area contributed by atoms with E-state index < -0.39 is 48.4 Å². The van der Waals surface area contributed by atoms with Crippen molar-refractivity contribution in [2.24, 2.45) is 4.99 Å². The number of nitro benzene ring substituents is 1. The first-order valence-corrected chi connectivity index (χ1v) is 10.5. The van der Waals surface area contributed by atoms with E-state index in [1.807, 2.05) is 11.9 Å². The van der Waals surface area contributed by atoms with E-state index in [9.17, 15) is 32.8 Å². The van der Waals surface area contributed by atoms with Gasteiger partial charge < -0.3 is 10.0 Å². The number of nitrogens with one attached hydrogen (secondary N) is 1. The zero-order valence-electron chi connectivity index (χ0n) is 15.9. The molecule has 1 saturated heterocycles. The van der Waals surface area contributed by atoms with Crippen LogP contribution in [0.2, 0.25) is 0 Å². The van der Waals surface area contributed by atoms with E-state index in [2.05, 4.69) is 10.3 Å². The van der Waals surface area contributed by atoms with Crippen LogP contribution < -0.4 is 5.32 Å². The van der Waals surface area contributed by atoms with Crippen LogP contribution in [0.1, 0.15) is 25.3 Å². The number of nitro groups is 1. The van der Waals surface area contributed by atoms with Crippen LogP contribution in [0, 0.1) is 15.9 Å². The van der Waals surface area contributed by atoms with E-state index in [-0.39, 0.29) is 24.2 Å². The van der Waals surface area contributed by atoms with Crippen LogP contribution in [0.3, 0.4) is 0 Å². The Bertz CT molecular complexity index is 1000. The van der Waals surface area contributed by atoms with Gasteiger partial charge in [0.1, 0.15) is 21.9 Å². The SMILES string of the molecule is CN1CCC2(CC1)C(NC(=O)O)=NC(C)(c1cc([N+](=O)[O-])ccc1F)CS2(=O)=O. The van der Waals surface area contributed by atoms with Crippen LogP contribution in [0.15, 0.2) is 23.2 Å². The second-order valence-corrected chi connectivity index (χ2v) is 9.94. The van der Waals surface area contributed by atoms with E-state index in [1.54, 1.807) is 0 Å². The number of non-ortho nitro benzene ring substituents is 1. The summed E-state index contributed by atoms with van der Waals surface area (Å²) in [6.45, 7) is 2.17. The number of aliphatic imine (C=N–C) groups is 1. The Morgan fingerprint density at radius 2 is 2.00 bits per heavy atom. The van der Waals surface area contributed by atoms with Crippen LogP contribution in [0.25, 0.3) is 0 Å². The van der Waals surface area contributed by atoms with Crippen molar-refractivity contribution in [2.75, 3.05) is 25.9 Å². The number of hydrogen-bond acceptors (Lipinski definition) is 7. The van der Waals surface area contributed by atoms with Gasteiger partial charge in [-0.05, 0) is 46.0 Å². The molecule has 10 nitrogen and oxygen atoms in total. The van der Waals surface area contributed by atoms with Crippen LogP contribution in [0.4, 0.5) is 14.9 Å². The maximum atomic E-state index is 14.6. The average molecular weight is 428 g/mol. The summed E-state index contributed by atoms with van der Waals surface area (Å²) in [4.78, 5) is 28.0. The topological polar surface area (TPSA) is 142 Å². The van der Waals surface area contributed by atoms with Gasteiger partial charge in [-0.25, -0.2) is 17.6 Å². The summed E-state index contributed by atoms with van der Waals surface area (Å²) in [6, 6.07) is 2.79. The molecule has 158 valence electrons. The Labute approximate surface area is 166 Å². The molecule has 2 heterocycles. The van der Waals surface area contributed by atoms with Gasteiger partial charge in [-0.1, -0.05) is 0 Å². The first kappa shape index (κ1) is 21.1. The molecule has 2 aliphatic rings. The summed E-state index contributed by atoms with van der Waals surface area (Å²) in [5, 5.41) is 22.5. The van der Waals surface area contributed by atoms with Gasteiger partial charge >= 0.3 is 6.09 Å². The number of piperidine rings is 1. The molecular formula is C17H21FN4O6S. The Hall–Kier alpha value is -2.60. The Morgan fingerprint density at radius 1 is 1.38 bits per heavy atom. The van der Waals surface area contributed by atoms with E-state index in [0.29, 0.717) is 13.1 Å². The Morgan fingerprint density at radius 3 is 2.55 bits per heavy atom. The summed E-state index contributed by atoms with van der Waals surface area (Å²) in [5.41, 5.74) is -2.41. The van der Waals surface area contributed by atoms with E-state index in [1.165, 1.54) is 6.92 Å². The minimum atomic E-state index is -3.99. The predicted octanol–water partition coefficient (Wildman–Crippen LogP) is 1.51.